The van der Waals surface area contributed by atoms with E-state index in [9.17, 15) is 4.79 Å². The molecule has 84 valence electrons. The lowest BCUT2D eigenvalue weighted by Gasteiger charge is -2.13. The number of amides is 1. The summed E-state index contributed by atoms with van der Waals surface area (Å²) in [5.74, 6) is -0.200. The topological polar surface area (TPSA) is 87.5 Å². The Morgan fingerprint density at radius 1 is 1.47 bits per heavy atom. The maximum Gasteiger partial charge on any atom is 0.228 e. The van der Waals surface area contributed by atoms with E-state index in [0.717, 1.165) is 0 Å². The summed E-state index contributed by atoms with van der Waals surface area (Å²) in [5, 5.41) is 3.23. The first-order chi connectivity index (χ1) is 7.22. The zero-order chi connectivity index (χ0) is 11.3. The Labute approximate surface area is 87.6 Å². The highest BCUT2D eigenvalue weighted by molar-refractivity contribution is 5.78. The van der Waals surface area contributed by atoms with Gasteiger partial charge in [-0.25, -0.2) is 0 Å². The molecule has 0 spiro atoms. The smallest absolute Gasteiger partial charge is 0.228 e. The molecule has 1 heterocycles. The van der Waals surface area contributed by atoms with Crippen LogP contribution < -0.4 is 0 Å². The van der Waals surface area contributed by atoms with Crippen LogP contribution in [0.15, 0.2) is 5.11 Å². The number of likely N-dealkylation sites (tertiary alicyclic amines) is 1. The molecule has 0 aliphatic carbocycles. The number of azide groups is 1. The van der Waals surface area contributed by atoms with Crippen LogP contribution in [-0.4, -0.2) is 56.9 Å². The minimum absolute atomic E-state index is 0.106. The third-order valence-corrected chi connectivity index (χ3v) is 2.44. The Kier molecular flexibility index (Phi) is 4.36. The van der Waals surface area contributed by atoms with Crippen molar-refractivity contribution >= 4 is 5.91 Å². The van der Waals surface area contributed by atoms with Gasteiger partial charge in [-0.1, -0.05) is 5.11 Å². The third-order valence-electron chi connectivity index (χ3n) is 2.44. The van der Waals surface area contributed by atoms with Crippen LogP contribution in [0.5, 0.6) is 0 Å². The van der Waals surface area contributed by atoms with E-state index in [-0.39, 0.29) is 24.7 Å². The molecule has 1 saturated heterocycles. The molecule has 7 nitrogen and oxygen atoms in total. The standard InChI is InChI=1S/C8H14N4O3/c1-14-6-4-12(5-7(6)15-2)8(13)3-10-11-9/h6-7H,3-5H2,1-2H3/t6-,7+. The van der Waals surface area contributed by atoms with Gasteiger partial charge >= 0.3 is 0 Å². The second-order valence-electron chi connectivity index (χ2n) is 3.24. The summed E-state index contributed by atoms with van der Waals surface area (Å²) < 4.78 is 10.4. The van der Waals surface area contributed by atoms with Crippen LogP contribution in [0.3, 0.4) is 0 Å². The van der Waals surface area contributed by atoms with E-state index in [1.807, 2.05) is 0 Å². The van der Waals surface area contributed by atoms with Crippen molar-refractivity contribution in [2.24, 2.45) is 5.11 Å². The Morgan fingerprint density at radius 3 is 2.40 bits per heavy atom. The molecule has 1 amide bonds. The second-order valence-corrected chi connectivity index (χ2v) is 3.24. The summed E-state index contributed by atoms with van der Waals surface area (Å²) in [7, 11) is 3.16. The van der Waals surface area contributed by atoms with Crippen molar-refractivity contribution in [3.05, 3.63) is 10.4 Å². The first-order valence-corrected chi connectivity index (χ1v) is 4.57. The molecule has 7 heteroatoms. The molecule has 0 saturated carbocycles. The minimum atomic E-state index is -0.200. The van der Waals surface area contributed by atoms with Gasteiger partial charge in [-0.2, -0.15) is 0 Å². The average Bonchev–Trinajstić information content (AvgIpc) is 2.68. The van der Waals surface area contributed by atoms with Gasteiger partial charge in [0, 0.05) is 32.2 Å². The van der Waals surface area contributed by atoms with Crippen molar-refractivity contribution < 1.29 is 14.3 Å². The first-order valence-electron chi connectivity index (χ1n) is 4.57. The molecule has 0 N–H and O–H groups in total. The Hall–Kier alpha value is -1.30. The molecule has 1 fully saturated rings. The Morgan fingerprint density at radius 2 is 2.00 bits per heavy atom. The number of carbonyl (C=O) groups excluding carboxylic acids is 1. The SMILES string of the molecule is CO[C@H]1CN(C(=O)CN=[N+]=[N-])C[C@H]1OC. The van der Waals surface area contributed by atoms with E-state index in [4.69, 9.17) is 15.0 Å². The zero-order valence-electron chi connectivity index (χ0n) is 8.79. The van der Waals surface area contributed by atoms with Gasteiger partial charge in [0.05, 0.1) is 0 Å². The number of rotatable bonds is 4. The van der Waals surface area contributed by atoms with Crippen LogP contribution >= 0.6 is 0 Å². The third kappa shape index (κ3) is 2.82. The van der Waals surface area contributed by atoms with Crippen molar-refractivity contribution in [1.29, 1.82) is 0 Å². The van der Waals surface area contributed by atoms with E-state index >= 15 is 0 Å². The largest absolute Gasteiger partial charge is 0.377 e. The van der Waals surface area contributed by atoms with E-state index in [1.54, 1.807) is 19.1 Å². The van der Waals surface area contributed by atoms with Gasteiger partial charge in [0.2, 0.25) is 5.91 Å². The number of methoxy groups -OCH3 is 2. The number of nitrogens with zero attached hydrogens (tertiary/aromatic N) is 4. The maximum atomic E-state index is 11.5. The summed E-state index contributed by atoms with van der Waals surface area (Å²) in [6.45, 7) is 0.812. The molecule has 1 rings (SSSR count). The predicted molar refractivity (Wildman–Crippen MR) is 52.2 cm³/mol. The van der Waals surface area contributed by atoms with Gasteiger partial charge in [0.1, 0.15) is 18.8 Å². The van der Waals surface area contributed by atoms with Crippen LogP contribution in [0.4, 0.5) is 0 Å². The average molecular weight is 214 g/mol. The van der Waals surface area contributed by atoms with E-state index in [0.29, 0.717) is 13.1 Å². The fourth-order valence-electron chi connectivity index (χ4n) is 1.59. The van der Waals surface area contributed by atoms with Gasteiger partial charge in [-0.15, -0.1) is 0 Å². The van der Waals surface area contributed by atoms with Crippen molar-refractivity contribution in [2.45, 2.75) is 12.2 Å². The minimum Gasteiger partial charge on any atom is -0.377 e. The van der Waals surface area contributed by atoms with E-state index in [1.165, 1.54) is 0 Å². The van der Waals surface area contributed by atoms with Crippen LogP contribution in [0, 0.1) is 0 Å². The molecule has 1 aliphatic heterocycles. The van der Waals surface area contributed by atoms with Crippen LogP contribution in [-0.2, 0) is 14.3 Å². The van der Waals surface area contributed by atoms with Gasteiger partial charge in [0.15, 0.2) is 0 Å². The first kappa shape index (κ1) is 11.8. The molecular weight excluding hydrogens is 200 g/mol. The van der Waals surface area contributed by atoms with Crippen LogP contribution in [0.2, 0.25) is 0 Å². The molecule has 0 unspecified atom stereocenters. The van der Waals surface area contributed by atoms with E-state index in [2.05, 4.69) is 10.0 Å². The molecule has 0 aromatic rings. The number of hydrogen-bond acceptors (Lipinski definition) is 4. The van der Waals surface area contributed by atoms with Crippen LogP contribution in [0.25, 0.3) is 10.4 Å². The van der Waals surface area contributed by atoms with Crippen molar-refractivity contribution in [3.8, 4) is 0 Å². The lowest BCUT2D eigenvalue weighted by atomic mass is 10.3. The second kappa shape index (κ2) is 5.55. The number of hydrogen-bond donors (Lipinski definition) is 0. The monoisotopic (exact) mass is 214 g/mol. The summed E-state index contributed by atoms with van der Waals surface area (Å²) in [6, 6.07) is 0. The van der Waals surface area contributed by atoms with Gasteiger partial charge in [-0.3, -0.25) is 4.79 Å². The Balaban J connectivity index is 2.52. The van der Waals surface area contributed by atoms with Crippen molar-refractivity contribution in [3.63, 3.8) is 0 Å². The lowest BCUT2D eigenvalue weighted by Crippen LogP contribution is -2.31. The highest BCUT2D eigenvalue weighted by atomic mass is 16.5. The van der Waals surface area contributed by atoms with E-state index < -0.39 is 0 Å². The molecule has 0 aromatic heterocycles. The van der Waals surface area contributed by atoms with Gasteiger partial charge in [-0.05, 0) is 5.53 Å². The summed E-state index contributed by atoms with van der Waals surface area (Å²) >= 11 is 0. The van der Waals surface area contributed by atoms with Crippen LogP contribution in [0.1, 0.15) is 0 Å². The fraction of sp³-hybridized carbons (Fsp3) is 0.875. The van der Waals surface area contributed by atoms with Gasteiger partial charge < -0.3 is 14.4 Å². The molecule has 15 heavy (non-hydrogen) atoms. The molecule has 0 aromatic carbocycles. The summed E-state index contributed by atoms with van der Waals surface area (Å²) in [6.07, 6.45) is -0.213. The molecule has 1 aliphatic rings. The number of ether oxygens (including phenoxy) is 2. The highest BCUT2D eigenvalue weighted by Crippen LogP contribution is 2.15. The lowest BCUT2D eigenvalue weighted by molar-refractivity contribution is -0.129. The summed E-state index contributed by atoms with van der Waals surface area (Å²) in [5.41, 5.74) is 8.09. The Bertz CT molecular complexity index is 265. The van der Waals surface area contributed by atoms with Crippen molar-refractivity contribution in [1.82, 2.24) is 4.90 Å². The number of carbonyl (C=O) groups is 1. The predicted octanol–water partition coefficient (Wildman–Crippen LogP) is 0.169. The molecule has 2 atom stereocenters. The summed E-state index contributed by atoms with van der Waals surface area (Å²) in [4.78, 5) is 15.6. The van der Waals surface area contributed by atoms with Gasteiger partial charge in [0.25, 0.3) is 0 Å². The molecule has 0 radical (unpaired) electrons. The molecular formula is C8H14N4O3. The fourth-order valence-corrected chi connectivity index (χ4v) is 1.59. The normalized spacial score (nSPS) is 25.1. The van der Waals surface area contributed by atoms with Crippen molar-refractivity contribution in [2.75, 3.05) is 33.9 Å². The quantitative estimate of drug-likeness (QED) is 0.379. The maximum absolute atomic E-state index is 11.5. The highest BCUT2D eigenvalue weighted by Gasteiger charge is 2.34. The zero-order valence-corrected chi connectivity index (χ0v) is 8.79. The molecule has 0 bridgehead atoms.